The third-order valence-electron chi connectivity index (χ3n) is 7.68. The molecule has 32 heavy (non-hydrogen) atoms. The molecule has 2 heterocycles. The predicted molar refractivity (Wildman–Crippen MR) is 118 cm³/mol. The monoisotopic (exact) mass is 436 g/mol. The normalized spacial score (nSPS) is 30.3. The van der Waals surface area contributed by atoms with Crippen molar-refractivity contribution in [2.75, 3.05) is 7.11 Å². The van der Waals surface area contributed by atoms with Crippen molar-refractivity contribution in [1.82, 2.24) is 10.6 Å². The highest BCUT2D eigenvalue weighted by Gasteiger charge is 2.66. The predicted octanol–water partition coefficient (Wildman–Crippen LogP) is 3.18. The number of benzene rings is 2. The van der Waals surface area contributed by atoms with Gasteiger partial charge in [-0.3, -0.25) is 25.0 Å². The minimum absolute atomic E-state index is 0.225. The van der Waals surface area contributed by atoms with Gasteiger partial charge in [-0.05, 0) is 29.4 Å². The van der Waals surface area contributed by atoms with Crippen LogP contribution >= 0.6 is 0 Å². The van der Waals surface area contributed by atoms with Crippen LogP contribution in [0, 0.1) is 17.8 Å². The van der Waals surface area contributed by atoms with Gasteiger partial charge in [0.1, 0.15) is 11.3 Å². The molecule has 0 radical (unpaired) electrons. The number of methoxy groups -OCH3 is 1. The van der Waals surface area contributed by atoms with Crippen LogP contribution < -0.4 is 15.4 Å². The van der Waals surface area contributed by atoms with Gasteiger partial charge < -0.3 is 9.84 Å². The van der Waals surface area contributed by atoms with Crippen LogP contribution in [0.3, 0.4) is 0 Å². The number of aliphatic carboxylic acids is 1. The molecule has 0 spiro atoms. The molecule has 7 nitrogen and oxygen atoms in total. The maximum atomic E-state index is 12.9. The van der Waals surface area contributed by atoms with Gasteiger partial charge in [-0.2, -0.15) is 0 Å². The number of amides is 2. The highest BCUT2D eigenvalue weighted by Crippen LogP contribution is 2.51. The van der Waals surface area contributed by atoms with E-state index < -0.39 is 41.2 Å². The van der Waals surface area contributed by atoms with Gasteiger partial charge in [-0.1, -0.05) is 62.4 Å². The fourth-order valence-corrected chi connectivity index (χ4v) is 6.26. The Bertz CT molecular complexity index is 1090. The maximum absolute atomic E-state index is 12.9. The Morgan fingerprint density at radius 3 is 2.47 bits per heavy atom. The van der Waals surface area contributed by atoms with Gasteiger partial charge >= 0.3 is 5.97 Å². The number of hydrogen-bond acceptors (Lipinski definition) is 5. The summed E-state index contributed by atoms with van der Waals surface area (Å²) in [5.74, 6) is -2.70. The first-order chi connectivity index (χ1) is 15.5. The number of carbonyl (C=O) groups is 3. The van der Waals surface area contributed by atoms with E-state index in [2.05, 4.69) is 10.6 Å². The Kier molecular flexibility index (Phi) is 5.16. The SMILES string of the molecule is COc1ccc(C2NC(CC3CCCCC3)(C(=O)O)C3C(=O)NC(=O)C23)c2ccccc12. The van der Waals surface area contributed by atoms with E-state index in [1.165, 1.54) is 0 Å². The van der Waals surface area contributed by atoms with Crippen LogP contribution in [-0.4, -0.2) is 35.5 Å². The van der Waals surface area contributed by atoms with Gasteiger partial charge in [-0.25, -0.2) is 0 Å². The number of carboxylic acid groups (broad SMARTS) is 1. The standard InChI is InChI=1S/C25H28N2O5/c1-32-18-12-11-17(15-9-5-6-10-16(15)18)21-19-20(23(29)26-22(19)28)25(27-21,24(30)31)13-14-7-3-2-4-8-14/h5-6,9-12,14,19-21,27H,2-4,7-8,13H2,1H3,(H,30,31)(H,26,28,29). The second-order valence-corrected chi connectivity index (χ2v) is 9.37. The Balaban J connectivity index is 1.63. The summed E-state index contributed by atoms with van der Waals surface area (Å²) in [5.41, 5.74) is -0.651. The Morgan fingerprint density at radius 2 is 1.78 bits per heavy atom. The summed E-state index contributed by atoms with van der Waals surface area (Å²) in [6.45, 7) is 0. The fraction of sp³-hybridized carbons (Fsp3) is 0.480. The van der Waals surface area contributed by atoms with E-state index in [1.54, 1.807) is 7.11 Å². The molecule has 1 aliphatic carbocycles. The van der Waals surface area contributed by atoms with Crippen LogP contribution in [-0.2, 0) is 14.4 Å². The number of imide groups is 1. The molecule has 0 bridgehead atoms. The van der Waals surface area contributed by atoms with Gasteiger partial charge in [0.2, 0.25) is 11.8 Å². The van der Waals surface area contributed by atoms with Crippen molar-refractivity contribution in [3.8, 4) is 5.75 Å². The van der Waals surface area contributed by atoms with Crippen LogP contribution in [0.2, 0.25) is 0 Å². The second-order valence-electron chi connectivity index (χ2n) is 9.37. The van der Waals surface area contributed by atoms with Crippen LogP contribution in [0.4, 0.5) is 0 Å². The number of carboxylic acids is 1. The fourth-order valence-electron chi connectivity index (χ4n) is 6.26. The second kappa shape index (κ2) is 7.89. The minimum Gasteiger partial charge on any atom is -0.496 e. The smallest absolute Gasteiger partial charge is 0.324 e. The van der Waals surface area contributed by atoms with Gasteiger partial charge in [0.15, 0.2) is 0 Å². The highest BCUT2D eigenvalue weighted by molar-refractivity contribution is 6.09. The number of ether oxygens (including phenoxy) is 1. The molecule has 2 aliphatic heterocycles. The topological polar surface area (TPSA) is 105 Å². The molecule has 1 saturated carbocycles. The van der Waals surface area contributed by atoms with Crippen molar-refractivity contribution in [2.24, 2.45) is 17.8 Å². The van der Waals surface area contributed by atoms with Crippen LogP contribution in [0.25, 0.3) is 10.8 Å². The molecule has 3 fully saturated rings. The van der Waals surface area contributed by atoms with Gasteiger partial charge in [0.25, 0.3) is 0 Å². The van der Waals surface area contributed by atoms with E-state index in [0.29, 0.717) is 12.2 Å². The van der Waals surface area contributed by atoms with Crippen molar-refractivity contribution in [1.29, 1.82) is 0 Å². The molecule has 3 N–H and O–H groups in total. The lowest BCUT2D eigenvalue weighted by atomic mass is 9.72. The molecule has 3 aliphatic rings. The molecule has 5 rings (SSSR count). The zero-order valence-electron chi connectivity index (χ0n) is 18.1. The molecule has 2 aromatic carbocycles. The van der Waals surface area contributed by atoms with E-state index >= 15 is 0 Å². The zero-order valence-corrected chi connectivity index (χ0v) is 18.1. The summed E-state index contributed by atoms with van der Waals surface area (Å²) in [4.78, 5) is 38.6. The molecule has 7 heteroatoms. The molecule has 2 aromatic rings. The van der Waals surface area contributed by atoms with Crippen LogP contribution in [0.15, 0.2) is 36.4 Å². The lowest BCUT2D eigenvalue weighted by molar-refractivity contribution is -0.150. The maximum Gasteiger partial charge on any atom is 0.324 e. The first-order valence-corrected chi connectivity index (χ1v) is 11.4. The quantitative estimate of drug-likeness (QED) is 0.622. The lowest BCUT2D eigenvalue weighted by Crippen LogP contribution is -2.56. The number of carbonyl (C=O) groups excluding carboxylic acids is 2. The Labute approximate surface area is 186 Å². The Morgan fingerprint density at radius 1 is 1.06 bits per heavy atom. The van der Waals surface area contributed by atoms with E-state index in [4.69, 9.17) is 4.74 Å². The molecule has 4 atom stereocenters. The summed E-state index contributed by atoms with van der Waals surface area (Å²) < 4.78 is 5.50. The minimum atomic E-state index is -1.46. The molecule has 4 unspecified atom stereocenters. The largest absolute Gasteiger partial charge is 0.496 e. The number of fused-ring (bicyclic) bond motifs is 2. The van der Waals surface area contributed by atoms with E-state index in [-0.39, 0.29) is 5.92 Å². The third-order valence-corrected chi connectivity index (χ3v) is 7.68. The van der Waals surface area contributed by atoms with Crippen molar-refractivity contribution in [2.45, 2.75) is 50.1 Å². The average molecular weight is 437 g/mol. The van der Waals surface area contributed by atoms with Crippen LogP contribution in [0.1, 0.15) is 50.1 Å². The number of nitrogens with one attached hydrogen (secondary N) is 2. The number of hydrogen-bond donors (Lipinski definition) is 3. The molecule has 2 saturated heterocycles. The van der Waals surface area contributed by atoms with Gasteiger partial charge in [0.05, 0.1) is 18.9 Å². The number of rotatable bonds is 5. The highest BCUT2D eigenvalue weighted by atomic mass is 16.5. The summed E-state index contributed by atoms with van der Waals surface area (Å²) >= 11 is 0. The average Bonchev–Trinajstić information content (AvgIpc) is 3.30. The van der Waals surface area contributed by atoms with Gasteiger partial charge in [-0.15, -0.1) is 0 Å². The molecular formula is C25H28N2O5. The molecule has 0 aromatic heterocycles. The van der Waals surface area contributed by atoms with Crippen LogP contribution in [0.5, 0.6) is 5.75 Å². The van der Waals surface area contributed by atoms with E-state index in [0.717, 1.165) is 48.4 Å². The zero-order chi connectivity index (χ0) is 22.5. The van der Waals surface area contributed by atoms with E-state index in [1.807, 2.05) is 36.4 Å². The first-order valence-electron chi connectivity index (χ1n) is 11.4. The lowest BCUT2D eigenvalue weighted by Gasteiger charge is -2.35. The van der Waals surface area contributed by atoms with E-state index in [9.17, 15) is 19.5 Å². The summed E-state index contributed by atoms with van der Waals surface area (Å²) in [5, 5.41) is 18.0. The summed E-state index contributed by atoms with van der Waals surface area (Å²) in [6.07, 6.45) is 5.59. The molecule has 168 valence electrons. The van der Waals surface area contributed by atoms with Crippen molar-refractivity contribution < 1.29 is 24.2 Å². The third kappa shape index (κ3) is 3.10. The van der Waals surface area contributed by atoms with Crippen molar-refractivity contribution >= 4 is 28.6 Å². The first kappa shape index (κ1) is 20.9. The Hall–Kier alpha value is -2.93. The van der Waals surface area contributed by atoms with Crippen molar-refractivity contribution in [3.05, 3.63) is 42.0 Å². The van der Waals surface area contributed by atoms with Gasteiger partial charge in [0, 0.05) is 11.4 Å². The van der Waals surface area contributed by atoms with Crippen molar-refractivity contribution in [3.63, 3.8) is 0 Å². The molecular weight excluding hydrogens is 408 g/mol. The summed E-state index contributed by atoms with van der Waals surface area (Å²) in [6, 6.07) is 10.8. The summed E-state index contributed by atoms with van der Waals surface area (Å²) in [7, 11) is 1.61. The molecule has 2 amide bonds.